The zero-order valence-electron chi connectivity index (χ0n) is 10.1. The fraction of sp³-hybridized carbons (Fsp3) is 0.833. The van der Waals surface area contributed by atoms with Crippen LogP contribution in [-0.4, -0.2) is 16.4 Å². The van der Waals surface area contributed by atoms with E-state index in [1.807, 2.05) is 0 Å². The van der Waals surface area contributed by atoms with Crippen molar-refractivity contribution in [1.29, 1.82) is 0 Å². The molecule has 92 valence electrons. The number of carbonyl (C=O) groups is 1. The van der Waals surface area contributed by atoms with Crippen LogP contribution in [0.4, 0.5) is 0 Å². The van der Waals surface area contributed by atoms with Crippen molar-refractivity contribution in [3.63, 3.8) is 0 Å². The molecule has 1 aliphatic rings. The van der Waals surface area contributed by atoms with Gasteiger partial charge >= 0.3 is 0 Å². The van der Waals surface area contributed by atoms with E-state index < -0.39 is 5.54 Å². The van der Waals surface area contributed by atoms with Gasteiger partial charge < -0.3 is 11.1 Å². The lowest BCUT2D eigenvalue weighted by atomic mass is 9.81. The van der Waals surface area contributed by atoms with Crippen LogP contribution in [0.3, 0.4) is 0 Å². The van der Waals surface area contributed by atoms with Crippen LogP contribution in [0.5, 0.6) is 0 Å². The molecule has 1 fully saturated rings. The summed E-state index contributed by atoms with van der Waals surface area (Å²) in [6, 6.07) is 0. The van der Waals surface area contributed by atoms with Crippen LogP contribution < -0.4 is 11.1 Å². The Balaban J connectivity index is 2.56. The minimum atomic E-state index is -0.390. The molecule has 4 heteroatoms. The van der Waals surface area contributed by atoms with E-state index in [0.29, 0.717) is 11.4 Å². The molecule has 1 rings (SSSR count). The number of nitrogens with one attached hydrogen (secondary N) is 1. The number of thiocarbonyl (C=S) groups is 1. The van der Waals surface area contributed by atoms with E-state index in [0.717, 1.165) is 38.5 Å². The molecule has 0 spiro atoms. The Morgan fingerprint density at radius 2 is 2.00 bits per heavy atom. The molecule has 0 heterocycles. The van der Waals surface area contributed by atoms with Gasteiger partial charge in [-0.2, -0.15) is 0 Å². The molecule has 1 amide bonds. The standard InChI is InChI=1S/C12H22N2OS/c1-2-3-7-10(15)14-12(11(13)16)8-5-4-6-9-12/h2-9H2,1H3,(H2,13,16)(H,14,15). The number of unbranched alkanes of at least 4 members (excludes halogenated alkanes) is 1. The lowest BCUT2D eigenvalue weighted by molar-refractivity contribution is -0.122. The molecule has 16 heavy (non-hydrogen) atoms. The highest BCUT2D eigenvalue weighted by Crippen LogP contribution is 2.28. The van der Waals surface area contributed by atoms with Crippen molar-refractivity contribution >= 4 is 23.1 Å². The summed E-state index contributed by atoms with van der Waals surface area (Å²) < 4.78 is 0. The van der Waals surface area contributed by atoms with Crippen LogP contribution in [0.2, 0.25) is 0 Å². The highest BCUT2D eigenvalue weighted by Gasteiger charge is 2.36. The average Bonchev–Trinajstić information content (AvgIpc) is 2.27. The lowest BCUT2D eigenvalue weighted by Crippen LogP contribution is -2.57. The van der Waals surface area contributed by atoms with Gasteiger partial charge in [0.05, 0.1) is 10.5 Å². The van der Waals surface area contributed by atoms with E-state index in [-0.39, 0.29) is 5.91 Å². The van der Waals surface area contributed by atoms with Gasteiger partial charge in [-0.05, 0) is 19.3 Å². The zero-order chi connectivity index (χ0) is 12.0. The predicted octanol–water partition coefficient (Wildman–Crippen LogP) is 2.28. The summed E-state index contributed by atoms with van der Waals surface area (Å²) in [7, 11) is 0. The smallest absolute Gasteiger partial charge is 0.220 e. The van der Waals surface area contributed by atoms with Crippen molar-refractivity contribution in [2.45, 2.75) is 63.8 Å². The lowest BCUT2D eigenvalue weighted by Gasteiger charge is -2.37. The predicted molar refractivity (Wildman–Crippen MR) is 70.3 cm³/mol. The third kappa shape index (κ3) is 3.44. The second-order valence-electron chi connectivity index (χ2n) is 4.66. The van der Waals surface area contributed by atoms with Crippen LogP contribution in [-0.2, 0) is 4.79 Å². The van der Waals surface area contributed by atoms with Crippen molar-refractivity contribution in [2.24, 2.45) is 5.73 Å². The molecule has 0 aliphatic heterocycles. The highest BCUT2D eigenvalue weighted by atomic mass is 32.1. The quantitative estimate of drug-likeness (QED) is 0.727. The Kier molecular flexibility index (Phi) is 5.19. The van der Waals surface area contributed by atoms with Gasteiger partial charge in [-0.1, -0.05) is 44.8 Å². The molecular formula is C12H22N2OS. The molecule has 0 atom stereocenters. The maximum atomic E-state index is 11.8. The van der Waals surface area contributed by atoms with E-state index in [2.05, 4.69) is 12.2 Å². The molecule has 1 saturated carbocycles. The topological polar surface area (TPSA) is 55.1 Å². The molecule has 0 aromatic carbocycles. The molecule has 3 nitrogen and oxygen atoms in total. The fourth-order valence-corrected chi connectivity index (χ4v) is 2.51. The van der Waals surface area contributed by atoms with Crippen molar-refractivity contribution in [3.05, 3.63) is 0 Å². The summed E-state index contributed by atoms with van der Waals surface area (Å²) in [5.74, 6) is 0.0940. The monoisotopic (exact) mass is 242 g/mol. The van der Waals surface area contributed by atoms with Crippen molar-refractivity contribution in [1.82, 2.24) is 5.32 Å². The number of rotatable bonds is 5. The fourth-order valence-electron chi connectivity index (χ4n) is 2.26. The van der Waals surface area contributed by atoms with E-state index >= 15 is 0 Å². The van der Waals surface area contributed by atoms with Crippen molar-refractivity contribution in [3.8, 4) is 0 Å². The van der Waals surface area contributed by atoms with Crippen molar-refractivity contribution < 1.29 is 4.79 Å². The number of nitrogens with two attached hydrogens (primary N) is 1. The Morgan fingerprint density at radius 1 is 1.38 bits per heavy atom. The number of hydrogen-bond acceptors (Lipinski definition) is 2. The van der Waals surface area contributed by atoms with Crippen LogP contribution in [0.1, 0.15) is 58.3 Å². The van der Waals surface area contributed by atoms with E-state index in [1.165, 1.54) is 6.42 Å². The van der Waals surface area contributed by atoms with Gasteiger partial charge in [0.15, 0.2) is 0 Å². The maximum Gasteiger partial charge on any atom is 0.220 e. The summed E-state index contributed by atoms with van der Waals surface area (Å²) >= 11 is 5.12. The normalized spacial score (nSPS) is 19.1. The van der Waals surface area contributed by atoms with Gasteiger partial charge in [-0.3, -0.25) is 4.79 Å². The van der Waals surface area contributed by atoms with Crippen molar-refractivity contribution in [2.75, 3.05) is 0 Å². The molecule has 0 bridgehead atoms. The second kappa shape index (κ2) is 6.18. The molecule has 0 radical (unpaired) electrons. The molecule has 0 saturated heterocycles. The Labute approximate surface area is 103 Å². The van der Waals surface area contributed by atoms with E-state index in [1.54, 1.807) is 0 Å². The first-order chi connectivity index (χ1) is 7.60. The zero-order valence-corrected chi connectivity index (χ0v) is 10.9. The number of hydrogen-bond donors (Lipinski definition) is 2. The Bertz CT molecular complexity index is 260. The molecule has 0 aromatic heterocycles. The maximum absolute atomic E-state index is 11.8. The van der Waals surface area contributed by atoms with Gasteiger partial charge in [0.1, 0.15) is 0 Å². The van der Waals surface area contributed by atoms with Crippen LogP contribution in [0, 0.1) is 0 Å². The highest BCUT2D eigenvalue weighted by molar-refractivity contribution is 7.80. The molecule has 3 N–H and O–H groups in total. The number of carbonyl (C=O) groups excluding carboxylic acids is 1. The first kappa shape index (κ1) is 13.4. The summed E-state index contributed by atoms with van der Waals surface area (Å²) in [4.78, 5) is 12.2. The summed E-state index contributed by atoms with van der Waals surface area (Å²) in [6.45, 7) is 2.08. The van der Waals surface area contributed by atoms with E-state index in [4.69, 9.17) is 18.0 Å². The summed E-state index contributed by atoms with van der Waals surface area (Å²) in [6.07, 6.45) is 7.78. The SMILES string of the molecule is CCCCC(=O)NC1(C(N)=S)CCCCC1. The second-order valence-corrected chi connectivity index (χ2v) is 5.10. The number of amides is 1. The van der Waals surface area contributed by atoms with Crippen LogP contribution in [0.25, 0.3) is 0 Å². The summed E-state index contributed by atoms with van der Waals surface area (Å²) in [5, 5.41) is 3.06. The van der Waals surface area contributed by atoms with Gasteiger partial charge in [0.2, 0.25) is 5.91 Å². The third-order valence-corrected chi connectivity index (χ3v) is 3.71. The van der Waals surface area contributed by atoms with Crippen LogP contribution >= 0.6 is 12.2 Å². The first-order valence-electron chi connectivity index (χ1n) is 6.21. The van der Waals surface area contributed by atoms with Gasteiger partial charge in [-0.15, -0.1) is 0 Å². The molecule has 0 unspecified atom stereocenters. The van der Waals surface area contributed by atoms with E-state index in [9.17, 15) is 4.79 Å². The van der Waals surface area contributed by atoms with Gasteiger partial charge in [0.25, 0.3) is 0 Å². The molecule has 1 aliphatic carbocycles. The first-order valence-corrected chi connectivity index (χ1v) is 6.62. The molecule has 0 aromatic rings. The Hall–Kier alpha value is -0.640. The largest absolute Gasteiger partial charge is 0.391 e. The van der Waals surface area contributed by atoms with Crippen LogP contribution in [0.15, 0.2) is 0 Å². The third-order valence-electron chi connectivity index (χ3n) is 3.31. The molecular weight excluding hydrogens is 220 g/mol. The minimum absolute atomic E-state index is 0.0940. The van der Waals surface area contributed by atoms with Gasteiger partial charge in [0, 0.05) is 6.42 Å². The van der Waals surface area contributed by atoms with Gasteiger partial charge in [-0.25, -0.2) is 0 Å². The minimum Gasteiger partial charge on any atom is -0.391 e. The average molecular weight is 242 g/mol. The Morgan fingerprint density at radius 3 is 2.50 bits per heavy atom. The summed E-state index contributed by atoms with van der Waals surface area (Å²) in [5.41, 5.74) is 5.41.